The summed E-state index contributed by atoms with van der Waals surface area (Å²) >= 11 is 0. The van der Waals surface area contributed by atoms with Crippen molar-refractivity contribution in [1.29, 1.82) is 0 Å². The SMILES string of the molecule is COC(=O)c1cccc(C(N)=NO)c1C. The number of carbonyl (C=O) groups excluding carboxylic acids is 1. The Kier molecular flexibility index (Phi) is 3.28. The first-order valence-corrected chi connectivity index (χ1v) is 4.27. The standard InChI is InChI=1S/C10H12N2O3/c1-6-7(9(11)12-14)4-3-5-8(6)10(13)15-2/h3-5,14H,1-2H3,(H2,11,12). The highest BCUT2D eigenvalue weighted by Crippen LogP contribution is 2.14. The average Bonchev–Trinajstić information content (AvgIpc) is 2.27. The van der Waals surface area contributed by atoms with Crippen molar-refractivity contribution in [3.63, 3.8) is 0 Å². The number of nitrogens with two attached hydrogens (primary N) is 1. The minimum absolute atomic E-state index is 0.0294. The Morgan fingerprint density at radius 2 is 2.07 bits per heavy atom. The van der Waals surface area contributed by atoms with Gasteiger partial charge in [0.05, 0.1) is 12.7 Å². The fourth-order valence-electron chi connectivity index (χ4n) is 1.30. The number of ether oxygens (including phenoxy) is 1. The van der Waals surface area contributed by atoms with Gasteiger partial charge in [0, 0.05) is 5.56 Å². The maximum Gasteiger partial charge on any atom is 0.338 e. The van der Waals surface area contributed by atoms with E-state index in [1.165, 1.54) is 7.11 Å². The molecule has 0 heterocycles. The van der Waals surface area contributed by atoms with Crippen LogP contribution in [0.3, 0.4) is 0 Å². The second-order valence-electron chi connectivity index (χ2n) is 2.95. The normalized spacial score (nSPS) is 11.2. The molecule has 0 spiro atoms. The van der Waals surface area contributed by atoms with Gasteiger partial charge in [-0.1, -0.05) is 17.3 Å². The fraction of sp³-hybridized carbons (Fsp3) is 0.200. The Hall–Kier alpha value is -2.04. The molecular formula is C10H12N2O3. The summed E-state index contributed by atoms with van der Waals surface area (Å²) in [4.78, 5) is 11.3. The number of amidine groups is 1. The van der Waals surface area contributed by atoms with Crippen molar-refractivity contribution in [3.05, 3.63) is 34.9 Å². The molecule has 1 aromatic carbocycles. The van der Waals surface area contributed by atoms with Crippen LogP contribution in [-0.4, -0.2) is 24.1 Å². The van der Waals surface area contributed by atoms with E-state index in [0.29, 0.717) is 16.7 Å². The third-order valence-corrected chi connectivity index (χ3v) is 2.12. The summed E-state index contributed by atoms with van der Waals surface area (Å²) in [5, 5.41) is 11.4. The predicted molar refractivity (Wildman–Crippen MR) is 55.0 cm³/mol. The van der Waals surface area contributed by atoms with Crippen LogP contribution in [0.25, 0.3) is 0 Å². The van der Waals surface area contributed by atoms with Gasteiger partial charge in [-0.05, 0) is 18.6 Å². The van der Waals surface area contributed by atoms with Crippen LogP contribution in [0.15, 0.2) is 23.4 Å². The van der Waals surface area contributed by atoms with Crippen LogP contribution in [0.2, 0.25) is 0 Å². The van der Waals surface area contributed by atoms with Gasteiger partial charge in [0.2, 0.25) is 0 Å². The van der Waals surface area contributed by atoms with Crippen molar-refractivity contribution in [2.45, 2.75) is 6.92 Å². The Balaban J connectivity index is 3.29. The summed E-state index contributed by atoms with van der Waals surface area (Å²) in [6.07, 6.45) is 0. The average molecular weight is 208 g/mol. The third kappa shape index (κ3) is 2.07. The molecule has 80 valence electrons. The second kappa shape index (κ2) is 4.45. The van der Waals surface area contributed by atoms with E-state index in [1.54, 1.807) is 25.1 Å². The van der Waals surface area contributed by atoms with Crippen LogP contribution in [0.1, 0.15) is 21.5 Å². The Morgan fingerprint density at radius 3 is 2.60 bits per heavy atom. The van der Waals surface area contributed by atoms with Crippen molar-refractivity contribution in [1.82, 2.24) is 0 Å². The van der Waals surface area contributed by atoms with E-state index >= 15 is 0 Å². The largest absolute Gasteiger partial charge is 0.465 e. The van der Waals surface area contributed by atoms with Gasteiger partial charge >= 0.3 is 5.97 Å². The van der Waals surface area contributed by atoms with E-state index in [2.05, 4.69) is 9.89 Å². The van der Waals surface area contributed by atoms with Gasteiger partial charge in [0.15, 0.2) is 5.84 Å². The number of carbonyl (C=O) groups is 1. The number of hydrogen-bond donors (Lipinski definition) is 2. The lowest BCUT2D eigenvalue weighted by Gasteiger charge is -2.08. The van der Waals surface area contributed by atoms with Gasteiger partial charge in [0.25, 0.3) is 0 Å². The van der Waals surface area contributed by atoms with Gasteiger partial charge in [-0.3, -0.25) is 0 Å². The molecule has 5 heteroatoms. The van der Waals surface area contributed by atoms with Crippen molar-refractivity contribution in [2.75, 3.05) is 7.11 Å². The maximum absolute atomic E-state index is 11.3. The number of hydrogen-bond acceptors (Lipinski definition) is 4. The molecule has 1 aromatic rings. The highest BCUT2D eigenvalue weighted by atomic mass is 16.5. The first-order valence-electron chi connectivity index (χ1n) is 4.27. The van der Waals surface area contributed by atoms with E-state index in [-0.39, 0.29) is 5.84 Å². The molecule has 0 fully saturated rings. The molecule has 0 saturated heterocycles. The van der Waals surface area contributed by atoms with E-state index in [1.807, 2.05) is 0 Å². The third-order valence-electron chi connectivity index (χ3n) is 2.12. The van der Waals surface area contributed by atoms with Gasteiger partial charge < -0.3 is 15.7 Å². The first-order chi connectivity index (χ1) is 7.11. The molecule has 0 aromatic heterocycles. The number of methoxy groups -OCH3 is 1. The molecule has 0 bridgehead atoms. The quantitative estimate of drug-likeness (QED) is 0.248. The summed E-state index contributed by atoms with van der Waals surface area (Å²) in [5.74, 6) is -0.474. The molecule has 3 N–H and O–H groups in total. The maximum atomic E-state index is 11.3. The molecule has 0 unspecified atom stereocenters. The van der Waals surface area contributed by atoms with Gasteiger partial charge in [-0.25, -0.2) is 4.79 Å². The smallest absolute Gasteiger partial charge is 0.338 e. The van der Waals surface area contributed by atoms with Crippen molar-refractivity contribution < 1.29 is 14.7 Å². The number of esters is 1. The predicted octanol–water partition coefficient (Wildman–Crippen LogP) is 0.876. The van der Waals surface area contributed by atoms with Gasteiger partial charge in [0.1, 0.15) is 0 Å². The molecule has 0 saturated carbocycles. The van der Waals surface area contributed by atoms with Crippen molar-refractivity contribution in [2.24, 2.45) is 10.9 Å². The molecule has 0 atom stereocenters. The van der Waals surface area contributed by atoms with Crippen molar-refractivity contribution in [3.8, 4) is 0 Å². The highest BCUT2D eigenvalue weighted by molar-refractivity contribution is 6.02. The van der Waals surface area contributed by atoms with Crippen molar-refractivity contribution >= 4 is 11.8 Å². The first kappa shape index (κ1) is 11.0. The van der Waals surface area contributed by atoms with E-state index in [9.17, 15) is 4.79 Å². The summed E-state index contributed by atoms with van der Waals surface area (Å²) in [5.41, 5.74) is 7.00. The molecule has 5 nitrogen and oxygen atoms in total. The van der Waals surface area contributed by atoms with Crippen LogP contribution in [0, 0.1) is 6.92 Å². The van der Waals surface area contributed by atoms with Gasteiger partial charge in [-0.2, -0.15) is 0 Å². The number of benzene rings is 1. The lowest BCUT2D eigenvalue weighted by atomic mass is 10.0. The Bertz CT molecular complexity index is 413. The molecule has 0 radical (unpaired) electrons. The molecule has 0 amide bonds. The van der Waals surface area contributed by atoms with Crippen LogP contribution in [0.4, 0.5) is 0 Å². The minimum Gasteiger partial charge on any atom is -0.465 e. The summed E-state index contributed by atoms with van der Waals surface area (Å²) in [6, 6.07) is 4.93. The highest BCUT2D eigenvalue weighted by Gasteiger charge is 2.13. The topological polar surface area (TPSA) is 84.9 Å². The minimum atomic E-state index is -0.444. The number of oxime groups is 1. The molecule has 0 aliphatic heterocycles. The van der Waals surface area contributed by atoms with Crippen LogP contribution in [0.5, 0.6) is 0 Å². The Labute approximate surface area is 87.1 Å². The molecule has 0 aliphatic rings. The molecular weight excluding hydrogens is 196 g/mol. The van der Waals surface area contributed by atoms with Gasteiger partial charge in [-0.15, -0.1) is 0 Å². The van der Waals surface area contributed by atoms with Crippen LogP contribution >= 0.6 is 0 Å². The molecule has 1 rings (SSSR count). The molecule has 15 heavy (non-hydrogen) atoms. The summed E-state index contributed by atoms with van der Waals surface area (Å²) < 4.78 is 4.60. The zero-order chi connectivity index (χ0) is 11.4. The number of rotatable bonds is 2. The summed E-state index contributed by atoms with van der Waals surface area (Å²) in [6.45, 7) is 1.71. The van der Waals surface area contributed by atoms with E-state index < -0.39 is 5.97 Å². The van der Waals surface area contributed by atoms with Crippen LogP contribution < -0.4 is 5.73 Å². The lowest BCUT2D eigenvalue weighted by molar-refractivity contribution is 0.0600. The van der Waals surface area contributed by atoms with Crippen LogP contribution in [-0.2, 0) is 4.74 Å². The Morgan fingerprint density at radius 1 is 1.47 bits per heavy atom. The summed E-state index contributed by atoms with van der Waals surface area (Å²) in [7, 11) is 1.30. The zero-order valence-electron chi connectivity index (χ0n) is 8.52. The second-order valence-corrected chi connectivity index (χ2v) is 2.95. The monoisotopic (exact) mass is 208 g/mol. The zero-order valence-corrected chi connectivity index (χ0v) is 8.52. The lowest BCUT2D eigenvalue weighted by Crippen LogP contribution is -2.16. The fourth-order valence-corrected chi connectivity index (χ4v) is 1.30. The number of nitrogens with zero attached hydrogens (tertiary/aromatic N) is 1. The molecule has 0 aliphatic carbocycles. The van der Waals surface area contributed by atoms with E-state index in [0.717, 1.165) is 0 Å². The van der Waals surface area contributed by atoms with E-state index in [4.69, 9.17) is 10.9 Å².